The van der Waals surface area contributed by atoms with Crippen LogP contribution in [-0.2, 0) is 6.54 Å². The Morgan fingerprint density at radius 2 is 2.35 bits per heavy atom. The number of ether oxygens (including phenoxy) is 1. The van der Waals surface area contributed by atoms with E-state index < -0.39 is 0 Å². The minimum absolute atomic E-state index is 0.681. The molecule has 0 aliphatic carbocycles. The fraction of sp³-hybridized carbons (Fsp3) is 0.417. The Morgan fingerprint density at radius 1 is 1.53 bits per heavy atom. The van der Waals surface area contributed by atoms with Crippen LogP contribution >= 0.6 is 11.6 Å². The molecule has 5 heteroatoms. The zero-order valence-corrected chi connectivity index (χ0v) is 10.8. The Hall–Kier alpha value is -1.42. The number of guanidine groups is 1. The summed E-state index contributed by atoms with van der Waals surface area (Å²) < 4.78 is 5.29. The van der Waals surface area contributed by atoms with Crippen molar-refractivity contribution in [3.8, 4) is 5.75 Å². The minimum Gasteiger partial charge on any atom is -0.496 e. The van der Waals surface area contributed by atoms with Crippen LogP contribution in [0.2, 0.25) is 5.02 Å². The van der Waals surface area contributed by atoms with E-state index in [-0.39, 0.29) is 0 Å². The first-order chi connectivity index (χ1) is 8.20. The molecule has 1 aliphatic rings. The van der Waals surface area contributed by atoms with Gasteiger partial charge in [0, 0.05) is 30.7 Å². The van der Waals surface area contributed by atoms with Crippen molar-refractivity contribution in [3.05, 3.63) is 28.8 Å². The molecule has 92 valence electrons. The van der Waals surface area contributed by atoms with E-state index in [1.54, 1.807) is 7.11 Å². The highest BCUT2D eigenvalue weighted by Gasteiger charge is 2.12. The van der Waals surface area contributed by atoms with Gasteiger partial charge in [0.1, 0.15) is 5.75 Å². The standard InChI is InChI=1S/C12H16ClN3O/c1-16-6-5-14-12(16)15-8-9-3-4-10(13)7-11(9)17-2/h3-4,7H,5-6,8H2,1-2H3,(H,14,15). The van der Waals surface area contributed by atoms with Crippen molar-refractivity contribution in [2.45, 2.75) is 6.54 Å². The number of likely N-dealkylation sites (N-methyl/N-ethyl adjacent to an activating group) is 1. The second-order valence-electron chi connectivity index (χ2n) is 3.94. The average Bonchev–Trinajstić information content (AvgIpc) is 2.73. The molecule has 0 spiro atoms. The molecule has 0 aromatic heterocycles. The van der Waals surface area contributed by atoms with Gasteiger partial charge in [0.15, 0.2) is 5.96 Å². The number of aliphatic imine (C=N–C) groups is 1. The van der Waals surface area contributed by atoms with Crippen LogP contribution in [-0.4, -0.2) is 38.1 Å². The van der Waals surface area contributed by atoms with Crippen LogP contribution in [0.1, 0.15) is 5.56 Å². The third kappa shape index (κ3) is 2.82. The maximum atomic E-state index is 5.91. The molecule has 1 N–H and O–H groups in total. The summed E-state index contributed by atoms with van der Waals surface area (Å²) in [6, 6.07) is 5.64. The van der Waals surface area contributed by atoms with E-state index in [4.69, 9.17) is 16.3 Å². The predicted octanol–water partition coefficient (Wildman–Crippen LogP) is 1.74. The van der Waals surface area contributed by atoms with E-state index in [1.165, 1.54) is 0 Å². The van der Waals surface area contributed by atoms with Crippen molar-refractivity contribution >= 4 is 17.6 Å². The van der Waals surface area contributed by atoms with Gasteiger partial charge in [-0.3, -0.25) is 4.99 Å². The van der Waals surface area contributed by atoms with Crippen LogP contribution in [0.15, 0.2) is 23.2 Å². The Morgan fingerprint density at radius 3 is 3.00 bits per heavy atom. The molecular weight excluding hydrogens is 238 g/mol. The van der Waals surface area contributed by atoms with Gasteiger partial charge in [-0.15, -0.1) is 0 Å². The number of hydrogen-bond donors (Lipinski definition) is 1. The molecule has 1 heterocycles. The van der Waals surface area contributed by atoms with Crippen molar-refractivity contribution < 1.29 is 4.74 Å². The molecule has 0 radical (unpaired) electrons. The first-order valence-electron chi connectivity index (χ1n) is 5.52. The smallest absolute Gasteiger partial charge is 0.194 e. The molecule has 0 bridgehead atoms. The number of halogens is 1. The summed E-state index contributed by atoms with van der Waals surface area (Å²) in [5.41, 5.74) is 1.07. The highest BCUT2D eigenvalue weighted by atomic mass is 35.5. The van der Waals surface area contributed by atoms with Crippen LogP contribution in [0, 0.1) is 0 Å². The summed E-state index contributed by atoms with van der Waals surface area (Å²) in [5, 5.41) is 3.98. The van der Waals surface area contributed by atoms with Gasteiger partial charge in [-0.25, -0.2) is 0 Å². The first kappa shape index (κ1) is 12.0. The number of benzene rings is 1. The molecule has 1 aromatic rings. The van der Waals surface area contributed by atoms with Crippen LogP contribution in [0.5, 0.6) is 5.75 Å². The second kappa shape index (κ2) is 5.27. The number of nitrogens with one attached hydrogen (secondary N) is 1. The quantitative estimate of drug-likeness (QED) is 0.892. The largest absolute Gasteiger partial charge is 0.496 e. The summed E-state index contributed by atoms with van der Waals surface area (Å²) in [4.78, 5) is 6.47. The van der Waals surface area contributed by atoms with Crippen molar-refractivity contribution in [1.82, 2.24) is 10.2 Å². The Labute approximate surface area is 106 Å². The van der Waals surface area contributed by atoms with E-state index in [1.807, 2.05) is 25.2 Å². The van der Waals surface area contributed by atoms with Crippen LogP contribution in [0.25, 0.3) is 0 Å². The van der Waals surface area contributed by atoms with Gasteiger partial charge >= 0.3 is 0 Å². The predicted molar refractivity (Wildman–Crippen MR) is 69.8 cm³/mol. The highest BCUT2D eigenvalue weighted by molar-refractivity contribution is 6.30. The maximum Gasteiger partial charge on any atom is 0.194 e. The molecule has 1 aliphatic heterocycles. The molecule has 0 fully saturated rings. The number of nitrogens with zero attached hydrogens (tertiary/aromatic N) is 2. The Kier molecular flexibility index (Phi) is 3.74. The van der Waals surface area contributed by atoms with Gasteiger partial charge in [-0.2, -0.15) is 0 Å². The van der Waals surface area contributed by atoms with Gasteiger partial charge in [0.25, 0.3) is 0 Å². The molecule has 0 atom stereocenters. The molecular formula is C12H16ClN3O. The average molecular weight is 254 g/mol. The van der Waals surface area contributed by atoms with Crippen molar-refractivity contribution in [3.63, 3.8) is 0 Å². The number of hydrogen-bond acceptors (Lipinski definition) is 4. The minimum atomic E-state index is 0.681. The molecule has 4 nitrogen and oxygen atoms in total. The lowest BCUT2D eigenvalue weighted by Gasteiger charge is -2.16. The van der Waals surface area contributed by atoms with E-state index >= 15 is 0 Å². The molecule has 17 heavy (non-hydrogen) atoms. The first-order valence-corrected chi connectivity index (χ1v) is 5.90. The zero-order chi connectivity index (χ0) is 12.3. The van der Waals surface area contributed by atoms with Crippen molar-refractivity contribution in [2.75, 3.05) is 27.2 Å². The second-order valence-corrected chi connectivity index (χ2v) is 4.37. The molecule has 0 unspecified atom stereocenters. The van der Waals surface area contributed by atoms with Crippen molar-refractivity contribution in [2.24, 2.45) is 4.99 Å². The summed E-state index contributed by atoms with van der Waals surface area (Å²) in [5.74, 6) is 1.73. The number of rotatable bonds is 3. The lowest BCUT2D eigenvalue weighted by Crippen LogP contribution is -2.35. The number of methoxy groups -OCH3 is 1. The highest BCUT2D eigenvalue weighted by Crippen LogP contribution is 2.22. The summed E-state index contributed by atoms with van der Waals surface area (Å²) in [6.07, 6.45) is 0. The van der Waals surface area contributed by atoms with Gasteiger partial charge in [-0.1, -0.05) is 17.7 Å². The monoisotopic (exact) mass is 253 g/mol. The summed E-state index contributed by atoms with van der Waals surface area (Å²) in [7, 11) is 3.67. The SMILES string of the molecule is COc1cc(Cl)ccc1CNC1=NCCN1C. The van der Waals surface area contributed by atoms with Gasteiger partial charge in [0.2, 0.25) is 0 Å². The summed E-state index contributed by atoms with van der Waals surface area (Å²) in [6.45, 7) is 2.51. The van der Waals surface area contributed by atoms with E-state index in [9.17, 15) is 0 Å². The fourth-order valence-electron chi connectivity index (χ4n) is 1.76. The normalized spacial score (nSPS) is 14.8. The summed E-state index contributed by atoms with van der Waals surface area (Å²) >= 11 is 5.91. The Bertz CT molecular complexity index is 434. The maximum absolute atomic E-state index is 5.91. The third-order valence-electron chi connectivity index (χ3n) is 2.74. The molecule has 0 saturated carbocycles. The van der Waals surface area contributed by atoms with Gasteiger partial charge < -0.3 is 15.0 Å². The molecule has 2 rings (SSSR count). The lowest BCUT2D eigenvalue weighted by atomic mass is 10.2. The van der Waals surface area contributed by atoms with E-state index in [0.717, 1.165) is 30.4 Å². The van der Waals surface area contributed by atoms with E-state index in [0.29, 0.717) is 11.6 Å². The fourth-order valence-corrected chi connectivity index (χ4v) is 1.92. The van der Waals surface area contributed by atoms with E-state index in [2.05, 4.69) is 15.2 Å². The third-order valence-corrected chi connectivity index (χ3v) is 2.98. The van der Waals surface area contributed by atoms with Gasteiger partial charge in [-0.05, 0) is 12.1 Å². The Balaban J connectivity index is 2.03. The van der Waals surface area contributed by atoms with Crippen LogP contribution in [0.3, 0.4) is 0 Å². The van der Waals surface area contributed by atoms with Crippen LogP contribution in [0.4, 0.5) is 0 Å². The molecule has 0 amide bonds. The topological polar surface area (TPSA) is 36.9 Å². The zero-order valence-electron chi connectivity index (χ0n) is 10.0. The molecule has 0 saturated heterocycles. The van der Waals surface area contributed by atoms with Gasteiger partial charge in [0.05, 0.1) is 13.7 Å². The molecule has 1 aromatic carbocycles. The van der Waals surface area contributed by atoms with Crippen molar-refractivity contribution in [1.29, 1.82) is 0 Å². The van der Waals surface area contributed by atoms with Crippen LogP contribution < -0.4 is 10.1 Å². The lowest BCUT2D eigenvalue weighted by molar-refractivity contribution is 0.408.